The molecule has 1 aliphatic heterocycles. The molecule has 21 heavy (non-hydrogen) atoms. The highest BCUT2D eigenvalue weighted by Crippen LogP contribution is 2.38. The number of hydrogen-bond donors (Lipinski definition) is 1. The first-order chi connectivity index (χ1) is 10.0. The molecule has 5 nitrogen and oxygen atoms in total. The van der Waals surface area contributed by atoms with E-state index >= 15 is 0 Å². The predicted molar refractivity (Wildman–Crippen MR) is 81.2 cm³/mol. The largest absolute Gasteiger partial charge is 0.450 e. The first-order valence-corrected chi connectivity index (χ1v) is 9.65. The Bertz CT molecular complexity index is 612. The van der Waals surface area contributed by atoms with Crippen molar-refractivity contribution in [1.29, 1.82) is 0 Å². The SMILES string of the molecule is O=S(=O)(c1cc(CO)oc1Br)N1CCC2CCCCC2C1. The number of aliphatic hydroxyl groups excluding tert-OH is 1. The third-order valence-corrected chi connectivity index (χ3v) is 7.46. The maximum Gasteiger partial charge on any atom is 0.247 e. The molecular formula is C14H20BrNO4S. The number of hydrogen-bond acceptors (Lipinski definition) is 4. The molecule has 2 aliphatic rings. The quantitative estimate of drug-likeness (QED) is 0.878. The number of nitrogens with zero attached hydrogens (tertiary/aromatic N) is 1. The van der Waals surface area contributed by atoms with Crippen molar-refractivity contribution in [3.05, 3.63) is 16.5 Å². The van der Waals surface area contributed by atoms with Gasteiger partial charge in [-0.25, -0.2) is 8.42 Å². The zero-order chi connectivity index (χ0) is 15.0. The van der Waals surface area contributed by atoms with Crippen molar-refractivity contribution in [1.82, 2.24) is 4.31 Å². The van der Waals surface area contributed by atoms with Crippen LogP contribution in [0.3, 0.4) is 0 Å². The van der Waals surface area contributed by atoms with Gasteiger partial charge in [-0.05, 0) is 40.6 Å². The summed E-state index contributed by atoms with van der Waals surface area (Å²) < 4.78 is 32.5. The fourth-order valence-electron chi connectivity index (χ4n) is 3.58. The normalized spacial score (nSPS) is 27.5. The van der Waals surface area contributed by atoms with Crippen LogP contribution < -0.4 is 0 Å². The molecule has 1 N–H and O–H groups in total. The van der Waals surface area contributed by atoms with Crippen LogP contribution in [0, 0.1) is 11.8 Å². The average Bonchev–Trinajstić information content (AvgIpc) is 2.88. The van der Waals surface area contributed by atoms with Gasteiger partial charge in [0.25, 0.3) is 0 Å². The molecule has 0 aromatic carbocycles. The predicted octanol–water partition coefficient (Wildman–Crippen LogP) is 2.74. The van der Waals surface area contributed by atoms with E-state index in [2.05, 4.69) is 15.9 Å². The Morgan fingerprint density at radius 2 is 2.00 bits per heavy atom. The van der Waals surface area contributed by atoms with Gasteiger partial charge in [0.05, 0.1) is 0 Å². The fraction of sp³-hybridized carbons (Fsp3) is 0.714. The van der Waals surface area contributed by atoms with Crippen LogP contribution >= 0.6 is 15.9 Å². The molecule has 1 aromatic rings. The van der Waals surface area contributed by atoms with Crippen LogP contribution in [-0.2, 0) is 16.6 Å². The zero-order valence-electron chi connectivity index (χ0n) is 11.8. The first kappa shape index (κ1) is 15.5. The molecule has 0 spiro atoms. The highest BCUT2D eigenvalue weighted by atomic mass is 79.9. The summed E-state index contributed by atoms with van der Waals surface area (Å²) in [6.45, 7) is 0.882. The molecule has 1 aliphatic carbocycles. The Morgan fingerprint density at radius 1 is 1.29 bits per heavy atom. The molecule has 1 aromatic heterocycles. The van der Waals surface area contributed by atoms with Gasteiger partial charge >= 0.3 is 0 Å². The Hall–Kier alpha value is -0.370. The molecule has 0 amide bonds. The number of aliphatic hydroxyl groups is 1. The summed E-state index contributed by atoms with van der Waals surface area (Å²) in [6, 6.07) is 1.41. The van der Waals surface area contributed by atoms with Gasteiger partial charge in [-0.3, -0.25) is 0 Å². The second-order valence-corrected chi connectivity index (χ2v) is 8.59. The fourth-order valence-corrected chi connectivity index (χ4v) is 6.05. The highest BCUT2D eigenvalue weighted by molar-refractivity contribution is 9.10. The Kier molecular flexibility index (Phi) is 4.45. The maximum atomic E-state index is 12.8. The van der Waals surface area contributed by atoms with Gasteiger partial charge in [0.15, 0.2) is 4.67 Å². The van der Waals surface area contributed by atoms with Crippen molar-refractivity contribution in [3.8, 4) is 0 Å². The molecule has 2 fully saturated rings. The summed E-state index contributed by atoms with van der Waals surface area (Å²) in [4.78, 5) is 0.126. The van der Waals surface area contributed by atoms with E-state index in [0.717, 1.165) is 12.8 Å². The van der Waals surface area contributed by atoms with E-state index in [4.69, 9.17) is 9.52 Å². The van der Waals surface area contributed by atoms with Crippen LogP contribution in [0.2, 0.25) is 0 Å². The summed E-state index contributed by atoms with van der Waals surface area (Å²) in [7, 11) is -3.55. The molecule has 118 valence electrons. The molecule has 1 saturated carbocycles. The average molecular weight is 378 g/mol. The van der Waals surface area contributed by atoms with E-state index in [-0.39, 0.29) is 21.9 Å². The summed E-state index contributed by atoms with van der Waals surface area (Å²) in [5.74, 6) is 1.43. The molecule has 2 heterocycles. The molecule has 0 bridgehead atoms. The van der Waals surface area contributed by atoms with Crippen molar-refractivity contribution in [2.75, 3.05) is 13.1 Å². The van der Waals surface area contributed by atoms with Crippen LogP contribution in [0.4, 0.5) is 0 Å². The zero-order valence-corrected chi connectivity index (χ0v) is 14.2. The van der Waals surface area contributed by atoms with Crippen molar-refractivity contribution in [3.63, 3.8) is 0 Å². The molecule has 1 saturated heterocycles. The van der Waals surface area contributed by atoms with E-state index < -0.39 is 10.0 Å². The lowest BCUT2D eigenvalue weighted by atomic mass is 9.76. The lowest BCUT2D eigenvalue weighted by Gasteiger charge is -2.40. The number of sulfonamides is 1. The summed E-state index contributed by atoms with van der Waals surface area (Å²) in [5.41, 5.74) is 0. The molecule has 0 radical (unpaired) electrons. The van der Waals surface area contributed by atoms with Crippen LogP contribution in [0.5, 0.6) is 0 Å². The standard InChI is InChI=1S/C14H20BrNO4S/c15-14-13(7-12(9-17)20-14)21(18,19)16-6-5-10-3-1-2-4-11(10)8-16/h7,10-11,17H,1-6,8-9H2. The lowest BCUT2D eigenvalue weighted by Crippen LogP contribution is -2.44. The number of fused-ring (bicyclic) bond motifs is 1. The van der Waals surface area contributed by atoms with E-state index in [0.29, 0.717) is 24.9 Å². The summed E-state index contributed by atoms with van der Waals surface area (Å²) in [6.07, 6.45) is 5.81. The maximum absolute atomic E-state index is 12.8. The summed E-state index contributed by atoms with van der Waals surface area (Å²) >= 11 is 3.15. The Morgan fingerprint density at radius 3 is 2.67 bits per heavy atom. The summed E-state index contributed by atoms with van der Waals surface area (Å²) in [5, 5.41) is 9.08. The van der Waals surface area contributed by atoms with Crippen molar-refractivity contribution >= 4 is 26.0 Å². The van der Waals surface area contributed by atoms with E-state index in [9.17, 15) is 8.42 Å². The van der Waals surface area contributed by atoms with Crippen LogP contribution in [-0.4, -0.2) is 30.9 Å². The first-order valence-electron chi connectivity index (χ1n) is 7.41. The number of piperidine rings is 1. The third kappa shape index (κ3) is 2.93. The molecule has 3 rings (SSSR count). The minimum atomic E-state index is -3.55. The van der Waals surface area contributed by atoms with Gasteiger partial charge in [0, 0.05) is 19.2 Å². The second kappa shape index (κ2) is 6.02. The molecule has 2 atom stereocenters. The topological polar surface area (TPSA) is 70.8 Å². The van der Waals surface area contributed by atoms with Crippen LogP contribution in [0.15, 0.2) is 20.0 Å². The van der Waals surface area contributed by atoms with Crippen molar-refractivity contribution < 1.29 is 17.9 Å². The van der Waals surface area contributed by atoms with E-state index in [1.54, 1.807) is 4.31 Å². The number of furan rings is 1. The minimum Gasteiger partial charge on any atom is -0.450 e. The Balaban J connectivity index is 1.83. The molecule has 2 unspecified atom stereocenters. The van der Waals surface area contributed by atoms with Gasteiger partial charge in [0.1, 0.15) is 17.3 Å². The molecule has 7 heteroatoms. The van der Waals surface area contributed by atoms with Crippen LogP contribution in [0.1, 0.15) is 37.9 Å². The molecular weight excluding hydrogens is 358 g/mol. The second-order valence-electron chi connectivity index (χ2n) is 5.97. The number of halogens is 1. The Labute approximate surface area is 133 Å². The third-order valence-electron chi connectivity index (χ3n) is 4.73. The van der Waals surface area contributed by atoms with Crippen molar-refractivity contribution in [2.24, 2.45) is 11.8 Å². The van der Waals surface area contributed by atoms with Crippen LogP contribution in [0.25, 0.3) is 0 Å². The minimum absolute atomic E-state index is 0.126. The van der Waals surface area contributed by atoms with E-state index in [1.165, 1.54) is 25.3 Å². The highest BCUT2D eigenvalue weighted by Gasteiger charge is 2.38. The lowest BCUT2D eigenvalue weighted by molar-refractivity contribution is 0.136. The van der Waals surface area contributed by atoms with Gasteiger partial charge in [-0.15, -0.1) is 0 Å². The van der Waals surface area contributed by atoms with E-state index in [1.807, 2.05) is 0 Å². The van der Waals surface area contributed by atoms with Gasteiger partial charge < -0.3 is 9.52 Å². The smallest absolute Gasteiger partial charge is 0.247 e. The van der Waals surface area contributed by atoms with Gasteiger partial charge in [0.2, 0.25) is 10.0 Å². The van der Waals surface area contributed by atoms with Gasteiger partial charge in [-0.1, -0.05) is 19.3 Å². The number of rotatable bonds is 3. The monoisotopic (exact) mass is 377 g/mol. The van der Waals surface area contributed by atoms with Crippen molar-refractivity contribution in [2.45, 2.75) is 43.6 Å². The van der Waals surface area contributed by atoms with Gasteiger partial charge in [-0.2, -0.15) is 4.31 Å².